The van der Waals surface area contributed by atoms with Crippen molar-refractivity contribution >= 4 is 32.8 Å². The molecule has 130 valence electrons. The smallest absolute Gasteiger partial charge is 0.295 e. The molecule has 11 heteroatoms. The van der Waals surface area contributed by atoms with Gasteiger partial charge in [-0.3, -0.25) is 25.0 Å². The van der Waals surface area contributed by atoms with Gasteiger partial charge in [0.05, 0.1) is 20.8 Å². The fraction of sp³-hybridized carbons (Fsp3) is 0.0714. The zero-order chi connectivity index (χ0) is 18.8. The van der Waals surface area contributed by atoms with E-state index in [1.165, 1.54) is 31.2 Å². The van der Waals surface area contributed by atoms with Crippen LogP contribution < -0.4 is 5.32 Å². The molecule has 0 spiro atoms. The zero-order valence-corrected chi connectivity index (χ0v) is 13.5. The third-order valence-electron chi connectivity index (χ3n) is 3.12. The van der Waals surface area contributed by atoms with Gasteiger partial charge in [-0.2, -0.15) is 0 Å². The predicted molar refractivity (Wildman–Crippen MR) is 85.9 cm³/mol. The first-order valence-electron chi connectivity index (χ1n) is 6.68. The molecule has 0 aromatic heterocycles. The summed E-state index contributed by atoms with van der Waals surface area (Å²) in [7, 11) is -4.28. The molecule has 0 bridgehead atoms. The van der Waals surface area contributed by atoms with Crippen LogP contribution in [0.15, 0.2) is 52.3 Å². The lowest BCUT2D eigenvalue weighted by Gasteiger charge is -2.07. The summed E-state index contributed by atoms with van der Waals surface area (Å²) in [6.45, 7) is 1.28. The molecule has 25 heavy (non-hydrogen) atoms. The van der Waals surface area contributed by atoms with E-state index in [0.29, 0.717) is 11.8 Å². The average molecular weight is 365 g/mol. The molecule has 2 aromatic rings. The van der Waals surface area contributed by atoms with Gasteiger partial charge in [0.25, 0.3) is 11.4 Å². The van der Waals surface area contributed by atoms with Gasteiger partial charge in [-0.05, 0) is 30.3 Å². The zero-order valence-electron chi connectivity index (χ0n) is 12.7. The van der Waals surface area contributed by atoms with E-state index in [2.05, 4.69) is 5.32 Å². The summed E-state index contributed by atoms with van der Waals surface area (Å²) in [5.41, 5.74) is -1.13. The van der Waals surface area contributed by atoms with E-state index in [0.717, 1.165) is 12.1 Å². The Balaban J connectivity index is 2.54. The molecule has 10 nitrogen and oxygen atoms in total. The molecule has 0 radical (unpaired) electrons. The number of hydrogen-bond donors (Lipinski definition) is 1. The normalized spacial score (nSPS) is 10.9. The predicted octanol–water partition coefficient (Wildman–Crippen LogP) is 2.29. The van der Waals surface area contributed by atoms with Crippen LogP contribution in [0.25, 0.3) is 0 Å². The number of nitro groups is 2. The second-order valence-electron chi connectivity index (χ2n) is 4.88. The fourth-order valence-electron chi connectivity index (χ4n) is 2.04. The number of non-ortho nitro benzene ring substituents is 1. The van der Waals surface area contributed by atoms with Crippen molar-refractivity contribution < 1.29 is 23.1 Å². The Hall–Kier alpha value is -3.34. The summed E-state index contributed by atoms with van der Waals surface area (Å²) in [6, 6.07) is 7.30. The highest BCUT2D eigenvalue weighted by atomic mass is 32.2. The topological polar surface area (TPSA) is 150 Å². The molecular formula is C14H11N3O7S. The lowest BCUT2D eigenvalue weighted by atomic mass is 10.3. The highest BCUT2D eigenvalue weighted by molar-refractivity contribution is 7.91. The van der Waals surface area contributed by atoms with Crippen molar-refractivity contribution in [2.75, 3.05) is 5.32 Å². The first-order valence-corrected chi connectivity index (χ1v) is 8.17. The summed E-state index contributed by atoms with van der Waals surface area (Å²) in [5.74, 6) is -0.346. The number of nitro benzene ring substituents is 2. The highest BCUT2D eigenvalue weighted by Gasteiger charge is 2.29. The first kappa shape index (κ1) is 18.0. The van der Waals surface area contributed by atoms with E-state index in [1.807, 2.05) is 0 Å². The Bertz CT molecular complexity index is 968. The van der Waals surface area contributed by atoms with E-state index < -0.39 is 36.0 Å². The van der Waals surface area contributed by atoms with Gasteiger partial charge >= 0.3 is 0 Å². The number of carbonyl (C=O) groups is 1. The maximum absolute atomic E-state index is 12.6. The summed E-state index contributed by atoms with van der Waals surface area (Å²) in [5, 5.41) is 24.3. The maximum Gasteiger partial charge on any atom is 0.295 e. The summed E-state index contributed by atoms with van der Waals surface area (Å²) in [4.78, 5) is 30.1. The molecule has 1 amide bonds. The SMILES string of the molecule is CC(=O)Nc1ccc(S(=O)(=O)c2ccc([N+](=O)[O-])cc2[N+](=O)[O-])cc1. The van der Waals surface area contributed by atoms with Crippen LogP contribution in [0.2, 0.25) is 0 Å². The monoisotopic (exact) mass is 365 g/mol. The van der Waals surface area contributed by atoms with Crippen LogP contribution in [-0.4, -0.2) is 24.2 Å². The third kappa shape index (κ3) is 3.77. The Kier molecular flexibility index (Phi) is 4.79. The van der Waals surface area contributed by atoms with Crippen LogP contribution in [0, 0.1) is 20.2 Å². The van der Waals surface area contributed by atoms with E-state index in [-0.39, 0.29) is 10.8 Å². The van der Waals surface area contributed by atoms with Crippen molar-refractivity contribution in [2.24, 2.45) is 0 Å². The van der Waals surface area contributed by atoms with Gasteiger partial charge in [0.15, 0.2) is 0 Å². The van der Waals surface area contributed by atoms with Gasteiger partial charge in [-0.15, -0.1) is 0 Å². The van der Waals surface area contributed by atoms with Gasteiger partial charge in [-0.25, -0.2) is 8.42 Å². The highest BCUT2D eigenvalue weighted by Crippen LogP contribution is 2.32. The number of nitrogens with one attached hydrogen (secondary N) is 1. The molecule has 0 aliphatic carbocycles. The summed E-state index contributed by atoms with van der Waals surface area (Å²) >= 11 is 0. The molecule has 0 atom stereocenters. The number of hydrogen-bond acceptors (Lipinski definition) is 7. The van der Waals surface area contributed by atoms with Crippen LogP contribution in [-0.2, 0) is 14.6 Å². The van der Waals surface area contributed by atoms with Crippen molar-refractivity contribution in [3.8, 4) is 0 Å². The molecule has 0 fully saturated rings. The van der Waals surface area contributed by atoms with Gasteiger partial charge in [0, 0.05) is 18.7 Å². The van der Waals surface area contributed by atoms with Crippen LogP contribution >= 0.6 is 0 Å². The molecular weight excluding hydrogens is 354 g/mol. The van der Waals surface area contributed by atoms with E-state index in [9.17, 15) is 33.4 Å². The third-order valence-corrected chi connectivity index (χ3v) is 4.94. The van der Waals surface area contributed by atoms with E-state index >= 15 is 0 Å². The van der Waals surface area contributed by atoms with Crippen LogP contribution in [0.4, 0.5) is 17.1 Å². The number of nitrogens with zero attached hydrogens (tertiary/aromatic N) is 2. The van der Waals surface area contributed by atoms with Crippen LogP contribution in [0.3, 0.4) is 0 Å². The van der Waals surface area contributed by atoms with Gasteiger partial charge < -0.3 is 5.32 Å². The van der Waals surface area contributed by atoms with Gasteiger partial charge in [0.2, 0.25) is 15.7 Å². The molecule has 2 aromatic carbocycles. The molecule has 0 saturated carbocycles. The molecule has 0 saturated heterocycles. The van der Waals surface area contributed by atoms with Crippen LogP contribution in [0.5, 0.6) is 0 Å². The lowest BCUT2D eigenvalue weighted by molar-refractivity contribution is -0.396. The van der Waals surface area contributed by atoms with Crippen molar-refractivity contribution in [3.63, 3.8) is 0 Å². The number of anilines is 1. The number of carbonyl (C=O) groups excluding carboxylic acids is 1. The van der Waals surface area contributed by atoms with Crippen molar-refractivity contribution in [2.45, 2.75) is 16.7 Å². The Morgan fingerprint density at radius 3 is 2.08 bits per heavy atom. The quantitative estimate of drug-likeness (QED) is 0.630. The minimum Gasteiger partial charge on any atom is -0.326 e. The van der Waals surface area contributed by atoms with Crippen LogP contribution in [0.1, 0.15) is 6.92 Å². The summed E-state index contributed by atoms with van der Waals surface area (Å²) < 4.78 is 25.2. The van der Waals surface area contributed by atoms with E-state index in [4.69, 9.17) is 0 Å². The maximum atomic E-state index is 12.6. The Labute approximate surface area is 141 Å². The minimum atomic E-state index is -4.28. The Morgan fingerprint density at radius 1 is 1.00 bits per heavy atom. The standard InChI is InChI=1S/C14H11N3O7S/c1-9(18)15-10-2-5-12(6-3-10)25(23,24)14-7-4-11(16(19)20)8-13(14)17(21)22/h2-8H,1H3,(H,15,18). The minimum absolute atomic E-state index is 0.251. The number of sulfone groups is 1. The van der Waals surface area contributed by atoms with Crippen molar-refractivity contribution in [1.29, 1.82) is 0 Å². The fourth-order valence-corrected chi connectivity index (χ4v) is 3.44. The second-order valence-corrected chi connectivity index (χ2v) is 6.79. The number of amides is 1. The average Bonchev–Trinajstić information content (AvgIpc) is 2.54. The van der Waals surface area contributed by atoms with Crippen molar-refractivity contribution in [3.05, 3.63) is 62.7 Å². The van der Waals surface area contributed by atoms with E-state index in [1.54, 1.807) is 0 Å². The van der Waals surface area contributed by atoms with Gasteiger partial charge in [0.1, 0.15) is 4.90 Å². The molecule has 0 aliphatic rings. The number of benzene rings is 2. The summed E-state index contributed by atoms with van der Waals surface area (Å²) in [6.07, 6.45) is 0. The number of rotatable bonds is 5. The lowest BCUT2D eigenvalue weighted by Crippen LogP contribution is -2.08. The molecule has 0 unspecified atom stereocenters. The largest absolute Gasteiger partial charge is 0.326 e. The molecule has 0 heterocycles. The molecule has 2 rings (SSSR count). The van der Waals surface area contributed by atoms with Crippen molar-refractivity contribution in [1.82, 2.24) is 0 Å². The molecule has 0 aliphatic heterocycles. The second kappa shape index (κ2) is 6.65. The van der Waals surface area contributed by atoms with Gasteiger partial charge in [-0.1, -0.05) is 0 Å². The first-order chi connectivity index (χ1) is 11.6. The molecule has 1 N–H and O–H groups in total. The Morgan fingerprint density at radius 2 is 1.60 bits per heavy atom.